The highest BCUT2D eigenvalue weighted by Gasteiger charge is 2.59. The van der Waals surface area contributed by atoms with E-state index in [0.717, 1.165) is 62.2 Å². The van der Waals surface area contributed by atoms with E-state index in [2.05, 4.69) is 127 Å². The Morgan fingerprint density at radius 1 is 0.939 bits per heavy atom. The first-order valence-corrected chi connectivity index (χ1v) is 28.4. The van der Waals surface area contributed by atoms with Gasteiger partial charge in [0.15, 0.2) is 30.7 Å². The minimum Gasteiger partial charge on any atom is -0.413 e. The molecule has 1 aliphatic carbocycles. The summed E-state index contributed by atoms with van der Waals surface area (Å²) >= 11 is 0. The van der Waals surface area contributed by atoms with Gasteiger partial charge in [-0.2, -0.15) is 0 Å². The van der Waals surface area contributed by atoms with Gasteiger partial charge in [-0.25, -0.2) is 0 Å². The van der Waals surface area contributed by atoms with Crippen LogP contribution in [-0.2, 0) is 18.1 Å². The topological polar surface area (TPSA) is 44.8 Å². The molecular weight excluding hydrogens is 653 g/mol. The molecule has 0 bridgehead atoms. The van der Waals surface area contributed by atoms with Gasteiger partial charge in [-0.15, -0.1) is 13.2 Å². The Balaban J connectivity index is 3.52. The van der Waals surface area contributed by atoms with E-state index in [-0.39, 0.29) is 40.3 Å². The standard InChI is InChI=1S/C42H80O4Si3/c1-19-24-25-26-27-33(6)28-29-37(44-49(21-3,22-4)23-5)41(12,13)31-30-34(7)39(43)42(46-47(14,15)16)32-35(8)38(36(42)20-2)45-48(17,18)40(9,10)11/h19-20,27,30,35-38H,1-2,21-26,28-29,31-32H2,3-18H3/b33-27+,34-30+/t35-,36-,37?,38+,42+/m0/s1. The quantitative estimate of drug-likeness (QED) is 0.0481. The van der Waals surface area contributed by atoms with Crippen molar-refractivity contribution in [3.05, 3.63) is 48.6 Å². The number of Topliss-reactive ketones (excluding diaryl/α,β-unsaturated/α-hetero) is 1. The molecule has 0 heterocycles. The lowest BCUT2D eigenvalue weighted by atomic mass is 9.78. The number of unbranched alkanes of at least 4 members (excludes halogenated alkanes) is 2. The van der Waals surface area contributed by atoms with Crippen LogP contribution in [0.1, 0.15) is 121 Å². The minimum absolute atomic E-state index is 0.0704. The van der Waals surface area contributed by atoms with Gasteiger partial charge in [0.1, 0.15) is 5.60 Å². The molecule has 1 aliphatic rings. The van der Waals surface area contributed by atoms with Crippen LogP contribution in [0.4, 0.5) is 0 Å². The molecule has 5 atom stereocenters. The first-order chi connectivity index (χ1) is 22.4. The van der Waals surface area contributed by atoms with Crippen LogP contribution in [0.25, 0.3) is 0 Å². The predicted molar refractivity (Wildman–Crippen MR) is 223 cm³/mol. The average Bonchev–Trinajstić information content (AvgIpc) is 3.25. The lowest BCUT2D eigenvalue weighted by molar-refractivity contribution is -0.134. The Labute approximate surface area is 308 Å². The number of hydrogen-bond acceptors (Lipinski definition) is 4. The number of carbonyl (C=O) groups is 1. The highest BCUT2D eigenvalue weighted by molar-refractivity contribution is 6.74. The van der Waals surface area contributed by atoms with Gasteiger partial charge in [-0.1, -0.05) is 92.2 Å². The molecule has 0 radical (unpaired) electrons. The van der Waals surface area contributed by atoms with E-state index < -0.39 is 30.6 Å². The molecule has 1 fully saturated rings. The molecule has 0 aromatic carbocycles. The van der Waals surface area contributed by atoms with E-state index in [1.54, 1.807) is 0 Å². The molecule has 0 N–H and O–H groups in total. The van der Waals surface area contributed by atoms with E-state index >= 15 is 0 Å². The van der Waals surface area contributed by atoms with Crippen molar-refractivity contribution in [2.75, 3.05) is 0 Å². The summed E-state index contributed by atoms with van der Waals surface area (Å²) in [4.78, 5) is 14.9. The Morgan fingerprint density at radius 2 is 1.51 bits per heavy atom. The molecule has 1 unspecified atom stereocenters. The molecule has 0 spiro atoms. The van der Waals surface area contributed by atoms with Crippen molar-refractivity contribution in [1.82, 2.24) is 0 Å². The van der Waals surface area contributed by atoms with Crippen molar-refractivity contribution < 1.29 is 18.1 Å². The van der Waals surface area contributed by atoms with Crippen LogP contribution in [0.3, 0.4) is 0 Å². The van der Waals surface area contributed by atoms with Crippen molar-refractivity contribution in [2.45, 2.75) is 195 Å². The first kappa shape index (κ1) is 46.2. The molecule has 284 valence electrons. The molecule has 0 aromatic heterocycles. The molecule has 7 heteroatoms. The second-order valence-corrected chi connectivity index (χ2v) is 32.4. The molecule has 1 rings (SSSR count). The molecule has 49 heavy (non-hydrogen) atoms. The van der Waals surface area contributed by atoms with Crippen LogP contribution < -0.4 is 0 Å². The van der Waals surface area contributed by atoms with Crippen LogP contribution in [0.5, 0.6) is 0 Å². The fraction of sp³-hybridized carbons (Fsp3) is 0.786. The van der Waals surface area contributed by atoms with Crippen molar-refractivity contribution >= 4 is 30.7 Å². The van der Waals surface area contributed by atoms with Gasteiger partial charge in [0, 0.05) is 5.92 Å². The largest absolute Gasteiger partial charge is 0.413 e. The second kappa shape index (κ2) is 18.8. The summed E-state index contributed by atoms with van der Waals surface area (Å²) in [5, 5.41) is 0.0704. The van der Waals surface area contributed by atoms with Crippen molar-refractivity contribution in [2.24, 2.45) is 17.3 Å². The normalized spacial score (nSPS) is 23.9. The Morgan fingerprint density at radius 3 is 1.98 bits per heavy atom. The number of hydrogen-bond donors (Lipinski definition) is 0. The van der Waals surface area contributed by atoms with Crippen molar-refractivity contribution in [3.8, 4) is 0 Å². The molecule has 0 aromatic rings. The summed E-state index contributed by atoms with van der Waals surface area (Å²) in [5.74, 6) is 0.0940. The Hall–Kier alpha value is -0.839. The first-order valence-electron chi connectivity index (χ1n) is 19.6. The summed E-state index contributed by atoms with van der Waals surface area (Å²) in [6, 6.07) is 3.39. The van der Waals surface area contributed by atoms with Crippen LogP contribution in [-0.4, -0.2) is 48.5 Å². The third-order valence-electron chi connectivity index (χ3n) is 11.8. The molecular formula is C42H80O4Si3. The van der Waals surface area contributed by atoms with E-state index in [1.807, 2.05) is 19.1 Å². The highest BCUT2D eigenvalue weighted by atomic mass is 28.4. The fourth-order valence-electron chi connectivity index (χ4n) is 7.28. The van der Waals surface area contributed by atoms with E-state index in [0.29, 0.717) is 6.42 Å². The third kappa shape index (κ3) is 12.7. The summed E-state index contributed by atoms with van der Waals surface area (Å²) < 4.78 is 21.4. The fourth-order valence-corrected chi connectivity index (χ4v) is 13.1. The van der Waals surface area contributed by atoms with Crippen LogP contribution >= 0.6 is 0 Å². The van der Waals surface area contributed by atoms with E-state index in [1.165, 1.54) is 5.57 Å². The van der Waals surface area contributed by atoms with Gasteiger partial charge >= 0.3 is 0 Å². The Bertz CT molecular complexity index is 1130. The van der Waals surface area contributed by atoms with Crippen LogP contribution in [0.2, 0.25) is 55.9 Å². The van der Waals surface area contributed by atoms with Crippen molar-refractivity contribution in [1.29, 1.82) is 0 Å². The van der Waals surface area contributed by atoms with Crippen LogP contribution in [0, 0.1) is 17.3 Å². The SMILES string of the molecule is C=CCCC/C=C(\C)CCC(O[Si](CC)(CC)CC)C(C)(C)C/C=C(\C)C(=O)[C@@]1(O[Si](C)(C)C)C[C@H](C)[C@@H](O[Si](C)(C)C(C)(C)C)[C@@H]1C=C. The van der Waals surface area contributed by atoms with E-state index in [4.69, 9.17) is 13.3 Å². The zero-order valence-corrected chi connectivity index (χ0v) is 38.2. The summed E-state index contributed by atoms with van der Waals surface area (Å²) in [5.41, 5.74) is 1.14. The molecule has 0 amide bonds. The van der Waals surface area contributed by atoms with Gasteiger partial charge in [-0.05, 0) is 132 Å². The van der Waals surface area contributed by atoms with Gasteiger partial charge < -0.3 is 13.3 Å². The van der Waals surface area contributed by atoms with Gasteiger partial charge in [0.2, 0.25) is 0 Å². The number of carbonyl (C=O) groups excluding carboxylic acids is 1. The maximum absolute atomic E-state index is 14.9. The maximum atomic E-state index is 14.9. The summed E-state index contributed by atoms with van der Waals surface area (Å²) in [6.07, 6.45) is 15.4. The zero-order chi connectivity index (χ0) is 38.1. The molecule has 0 aliphatic heterocycles. The van der Waals surface area contributed by atoms with Gasteiger partial charge in [0.25, 0.3) is 0 Å². The molecule has 1 saturated carbocycles. The lowest BCUT2D eigenvalue weighted by Gasteiger charge is -2.43. The third-order valence-corrected chi connectivity index (χ3v) is 21.9. The number of rotatable bonds is 22. The van der Waals surface area contributed by atoms with Gasteiger partial charge in [0.05, 0.1) is 12.2 Å². The highest BCUT2D eigenvalue weighted by Crippen LogP contribution is 2.51. The molecule has 0 saturated heterocycles. The van der Waals surface area contributed by atoms with Crippen molar-refractivity contribution in [3.63, 3.8) is 0 Å². The smallest absolute Gasteiger partial charge is 0.192 e. The average molecular weight is 733 g/mol. The maximum Gasteiger partial charge on any atom is 0.192 e. The number of allylic oxidation sites excluding steroid dienone is 4. The van der Waals surface area contributed by atoms with Gasteiger partial charge in [-0.3, -0.25) is 4.79 Å². The van der Waals surface area contributed by atoms with Crippen LogP contribution in [0.15, 0.2) is 48.6 Å². The Kier molecular flexibility index (Phi) is 17.7. The molecule has 4 nitrogen and oxygen atoms in total. The second-order valence-electron chi connectivity index (χ2n) is 18.5. The summed E-state index contributed by atoms with van der Waals surface area (Å²) in [6.45, 7) is 44.3. The van der Waals surface area contributed by atoms with E-state index in [9.17, 15) is 4.79 Å². The lowest BCUT2D eigenvalue weighted by Crippen LogP contribution is -2.54. The summed E-state index contributed by atoms with van der Waals surface area (Å²) in [7, 11) is -6.09. The number of ketones is 1. The minimum atomic E-state index is -2.13. The zero-order valence-electron chi connectivity index (χ0n) is 35.2. The monoisotopic (exact) mass is 733 g/mol. The predicted octanol–water partition coefficient (Wildman–Crippen LogP) is 13.2.